The molecule has 0 unspecified atom stereocenters. The van der Waals surface area contributed by atoms with Gasteiger partial charge in [0.25, 0.3) is 5.91 Å². The maximum absolute atomic E-state index is 13.5. The third kappa shape index (κ3) is 5.04. The summed E-state index contributed by atoms with van der Waals surface area (Å²) in [6.45, 7) is 7.87. The van der Waals surface area contributed by atoms with Gasteiger partial charge in [0.05, 0.1) is 10.4 Å². The molecule has 1 saturated heterocycles. The van der Waals surface area contributed by atoms with Crippen molar-refractivity contribution in [3.8, 4) is 0 Å². The summed E-state index contributed by atoms with van der Waals surface area (Å²) in [7, 11) is -2.09. The average Bonchev–Trinajstić information content (AvgIpc) is 2.83. The maximum Gasteiger partial charge on any atom is 0.259 e. The molecule has 0 N–H and O–H groups in total. The van der Waals surface area contributed by atoms with Crippen molar-refractivity contribution in [1.29, 1.82) is 0 Å². The Balaban J connectivity index is 1.75. The molecule has 1 fully saturated rings. The molecule has 1 amide bonds. The van der Waals surface area contributed by atoms with Gasteiger partial charge in [-0.1, -0.05) is 44.2 Å². The number of aromatic nitrogens is 1. The predicted octanol–water partition coefficient (Wildman–Crippen LogP) is 3.96. The fraction of sp³-hybridized carbons (Fsp3) is 0.407. The Kier molecular flexibility index (Phi) is 7.15. The highest BCUT2D eigenvalue weighted by molar-refractivity contribution is 7.89. The fourth-order valence-electron chi connectivity index (χ4n) is 5.04. The number of hydrogen-bond donors (Lipinski definition) is 0. The molecule has 0 bridgehead atoms. The van der Waals surface area contributed by atoms with Crippen LogP contribution in [0.5, 0.6) is 0 Å². The van der Waals surface area contributed by atoms with Crippen LogP contribution in [-0.2, 0) is 23.1 Å². The van der Waals surface area contributed by atoms with Crippen LogP contribution in [0.4, 0.5) is 0 Å². The number of fused-ring (bicyclic) bond motifs is 1. The summed E-state index contributed by atoms with van der Waals surface area (Å²) >= 11 is 0. The van der Waals surface area contributed by atoms with Gasteiger partial charge in [-0.25, -0.2) is 8.42 Å². The number of benzene rings is 2. The summed E-state index contributed by atoms with van der Waals surface area (Å²) < 4.78 is 30.3. The number of piperidine rings is 1. The van der Waals surface area contributed by atoms with Crippen LogP contribution in [0.25, 0.3) is 10.9 Å². The van der Waals surface area contributed by atoms with E-state index in [4.69, 9.17) is 0 Å². The molecule has 35 heavy (non-hydrogen) atoms. The first-order valence-electron chi connectivity index (χ1n) is 12.1. The van der Waals surface area contributed by atoms with Gasteiger partial charge in [0.2, 0.25) is 15.5 Å². The SMILES string of the molecule is CCn1cc(C(=O)N(C)Cc2ccccc2)c(=O)c2cc(S(=O)(=O)N3C[C@H](C)C[C@H](C)C3)ccc21. The van der Waals surface area contributed by atoms with Crippen molar-refractivity contribution in [2.45, 2.75) is 45.2 Å². The largest absolute Gasteiger partial charge is 0.347 e. The summed E-state index contributed by atoms with van der Waals surface area (Å²) in [5.41, 5.74) is 1.15. The van der Waals surface area contributed by atoms with Gasteiger partial charge in [-0.15, -0.1) is 0 Å². The molecule has 2 atom stereocenters. The van der Waals surface area contributed by atoms with E-state index in [1.807, 2.05) is 41.8 Å². The Morgan fingerprint density at radius 2 is 1.71 bits per heavy atom. The lowest BCUT2D eigenvalue weighted by atomic mass is 9.94. The highest BCUT2D eigenvalue weighted by Crippen LogP contribution is 2.28. The van der Waals surface area contributed by atoms with Crippen LogP contribution < -0.4 is 5.43 Å². The van der Waals surface area contributed by atoms with Crippen LogP contribution in [-0.4, -0.2) is 48.2 Å². The van der Waals surface area contributed by atoms with E-state index >= 15 is 0 Å². The molecule has 0 aliphatic carbocycles. The molecule has 186 valence electrons. The Labute approximate surface area is 207 Å². The highest BCUT2D eigenvalue weighted by Gasteiger charge is 2.32. The van der Waals surface area contributed by atoms with Gasteiger partial charge in [0.1, 0.15) is 5.56 Å². The zero-order valence-electron chi connectivity index (χ0n) is 20.8. The number of hydrogen-bond acceptors (Lipinski definition) is 4. The predicted molar refractivity (Wildman–Crippen MR) is 138 cm³/mol. The molecular formula is C27H33N3O4S. The van der Waals surface area contributed by atoms with Crippen molar-refractivity contribution >= 4 is 26.8 Å². The molecule has 1 aliphatic heterocycles. The minimum atomic E-state index is -3.76. The van der Waals surface area contributed by atoms with Gasteiger partial charge < -0.3 is 9.47 Å². The van der Waals surface area contributed by atoms with E-state index < -0.39 is 21.4 Å². The van der Waals surface area contributed by atoms with Crippen LogP contribution in [0.2, 0.25) is 0 Å². The third-order valence-corrected chi connectivity index (χ3v) is 8.53. The van der Waals surface area contributed by atoms with Gasteiger partial charge in [0, 0.05) is 44.8 Å². The topological polar surface area (TPSA) is 79.7 Å². The number of carbonyl (C=O) groups excluding carboxylic acids is 1. The van der Waals surface area contributed by atoms with Crippen molar-refractivity contribution in [1.82, 2.24) is 13.8 Å². The number of carbonyl (C=O) groups is 1. The Bertz CT molecular complexity index is 1390. The molecular weight excluding hydrogens is 462 g/mol. The van der Waals surface area contributed by atoms with Crippen molar-refractivity contribution in [3.63, 3.8) is 0 Å². The van der Waals surface area contributed by atoms with Crippen molar-refractivity contribution < 1.29 is 13.2 Å². The first kappa shape index (κ1) is 25.1. The van der Waals surface area contributed by atoms with E-state index in [9.17, 15) is 18.0 Å². The molecule has 4 rings (SSSR count). The second kappa shape index (κ2) is 9.95. The van der Waals surface area contributed by atoms with Crippen LogP contribution in [0.3, 0.4) is 0 Å². The first-order valence-corrected chi connectivity index (χ1v) is 13.5. The van der Waals surface area contributed by atoms with Gasteiger partial charge in [-0.3, -0.25) is 9.59 Å². The molecule has 8 heteroatoms. The smallest absolute Gasteiger partial charge is 0.259 e. The van der Waals surface area contributed by atoms with E-state index in [-0.39, 0.29) is 27.7 Å². The molecule has 0 saturated carbocycles. The highest BCUT2D eigenvalue weighted by atomic mass is 32.2. The van der Waals surface area contributed by atoms with Crippen LogP contribution in [0.15, 0.2) is 64.4 Å². The van der Waals surface area contributed by atoms with E-state index in [0.717, 1.165) is 12.0 Å². The fourth-order valence-corrected chi connectivity index (χ4v) is 6.74. The van der Waals surface area contributed by atoms with Gasteiger partial charge >= 0.3 is 0 Å². The van der Waals surface area contributed by atoms with Crippen LogP contribution in [0.1, 0.15) is 43.1 Å². The second-order valence-electron chi connectivity index (χ2n) is 9.75. The lowest BCUT2D eigenvalue weighted by Crippen LogP contribution is -2.42. The molecule has 7 nitrogen and oxygen atoms in total. The number of amides is 1. The zero-order valence-corrected chi connectivity index (χ0v) is 21.6. The first-order chi connectivity index (χ1) is 16.6. The van der Waals surface area contributed by atoms with E-state index in [2.05, 4.69) is 13.8 Å². The molecule has 3 aromatic rings. The number of sulfonamides is 1. The van der Waals surface area contributed by atoms with Gasteiger partial charge in [-0.05, 0) is 48.9 Å². The molecule has 2 aromatic carbocycles. The van der Waals surface area contributed by atoms with E-state index in [1.54, 1.807) is 25.4 Å². The minimum Gasteiger partial charge on any atom is -0.347 e. The monoisotopic (exact) mass is 495 g/mol. The van der Waals surface area contributed by atoms with Crippen molar-refractivity contribution in [2.24, 2.45) is 11.8 Å². The molecule has 0 spiro atoms. The third-order valence-electron chi connectivity index (χ3n) is 6.71. The maximum atomic E-state index is 13.5. The molecule has 1 aliphatic rings. The molecule has 1 aromatic heterocycles. The number of aryl methyl sites for hydroxylation is 1. The van der Waals surface area contributed by atoms with E-state index in [0.29, 0.717) is 31.7 Å². The summed E-state index contributed by atoms with van der Waals surface area (Å²) in [4.78, 5) is 28.4. The number of rotatable bonds is 6. The minimum absolute atomic E-state index is 0.0348. The summed E-state index contributed by atoms with van der Waals surface area (Å²) in [5, 5.41) is 0.241. The number of nitrogens with zero attached hydrogens (tertiary/aromatic N) is 3. The summed E-state index contributed by atoms with van der Waals surface area (Å²) in [6.07, 6.45) is 2.57. The van der Waals surface area contributed by atoms with Gasteiger partial charge in [-0.2, -0.15) is 4.31 Å². The molecule has 0 radical (unpaired) electrons. The van der Waals surface area contributed by atoms with Crippen LogP contribution in [0, 0.1) is 11.8 Å². The Morgan fingerprint density at radius 3 is 2.34 bits per heavy atom. The lowest BCUT2D eigenvalue weighted by Gasteiger charge is -2.34. The molecule has 2 heterocycles. The second-order valence-corrected chi connectivity index (χ2v) is 11.7. The lowest BCUT2D eigenvalue weighted by molar-refractivity contribution is 0.0783. The quantitative estimate of drug-likeness (QED) is 0.519. The standard InChI is InChI=1S/C27H33N3O4S/c1-5-29-18-24(27(32)28(4)17-21-9-7-6-8-10-21)26(31)23-14-22(11-12-25(23)29)35(33,34)30-15-19(2)13-20(3)16-30/h6-12,14,18-20H,5,13,15-17H2,1-4H3/t19-,20+. The summed E-state index contributed by atoms with van der Waals surface area (Å²) in [6, 6.07) is 14.2. The summed E-state index contributed by atoms with van der Waals surface area (Å²) in [5.74, 6) is 0.154. The average molecular weight is 496 g/mol. The Hall–Kier alpha value is -2.97. The normalized spacial score (nSPS) is 19.1. The van der Waals surface area contributed by atoms with Crippen molar-refractivity contribution in [2.75, 3.05) is 20.1 Å². The van der Waals surface area contributed by atoms with Gasteiger partial charge in [0.15, 0.2) is 0 Å². The van der Waals surface area contributed by atoms with Crippen LogP contribution >= 0.6 is 0 Å². The van der Waals surface area contributed by atoms with Crippen molar-refractivity contribution in [3.05, 3.63) is 76.1 Å². The van der Waals surface area contributed by atoms with E-state index in [1.165, 1.54) is 15.3 Å². The Morgan fingerprint density at radius 1 is 1.06 bits per heavy atom. The number of pyridine rings is 1. The zero-order chi connectivity index (χ0) is 25.3.